The van der Waals surface area contributed by atoms with Crippen LogP contribution in [0.15, 0.2) is 0 Å². The SMILES string of the molecule is CC(C)CONCC(=O)NC1CCCCCC1. The molecule has 0 bridgehead atoms. The van der Waals surface area contributed by atoms with Crippen molar-refractivity contribution in [3.05, 3.63) is 0 Å². The minimum Gasteiger partial charge on any atom is -0.352 e. The molecule has 1 amide bonds. The van der Waals surface area contributed by atoms with Crippen molar-refractivity contribution in [2.75, 3.05) is 13.2 Å². The molecule has 0 saturated heterocycles. The first-order valence-corrected chi connectivity index (χ1v) is 6.82. The Morgan fingerprint density at radius 1 is 1.24 bits per heavy atom. The second-order valence-electron chi connectivity index (χ2n) is 5.28. The number of hydrogen-bond donors (Lipinski definition) is 2. The van der Waals surface area contributed by atoms with Gasteiger partial charge in [-0.25, -0.2) is 0 Å². The molecule has 0 spiro atoms. The maximum atomic E-state index is 11.6. The van der Waals surface area contributed by atoms with Gasteiger partial charge in [0, 0.05) is 6.04 Å². The molecular formula is C13H26N2O2. The molecule has 4 heteroatoms. The second-order valence-corrected chi connectivity index (χ2v) is 5.28. The van der Waals surface area contributed by atoms with Gasteiger partial charge in [0.25, 0.3) is 0 Å². The average Bonchev–Trinajstić information content (AvgIpc) is 2.53. The third kappa shape index (κ3) is 7.34. The van der Waals surface area contributed by atoms with Crippen molar-refractivity contribution in [3.63, 3.8) is 0 Å². The molecule has 17 heavy (non-hydrogen) atoms. The van der Waals surface area contributed by atoms with Gasteiger partial charge in [-0.2, -0.15) is 5.48 Å². The Balaban J connectivity index is 2.07. The molecule has 4 nitrogen and oxygen atoms in total. The highest BCUT2D eigenvalue weighted by molar-refractivity contribution is 5.78. The highest BCUT2D eigenvalue weighted by Crippen LogP contribution is 2.16. The van der Waals surface area contributed by atoms with Crippen molar-refractivity contribution >= 4 is 5.91 Å². The zero-order valence-corrected chi connectivity index (χ0v) is 11.1. The fourth-order valence-corrected chi connectivity index (χ4v) is 2.04. The second kappa shape index (κ2) is 8.48. The predicted molar refractivity (Wildman–Crippen MR) is 68.4 cm³/mol. The molecule has 1 aliphatic carbocycles. The molecular weight excluding hydrogens is 216 g/mol. The van der Waals surface area contributed by atoms with Crippen LogP contribution in [-0.4, -0.2) is 25.1 Å². The van der Waals surface area contributed by atoms with Crippen molar-refractivity contribution in [1.29, 1.82) is 0 Å². The molecule has 0 aliphatic heterocycles. The molecule has 0 atom stereocenters. The van der Waals surface area contributed by atoms with E-state index in [1.54, 1.807) is 0 Å². The van der Waals surface area contributed by atoms with Crippen LogP contribution in [0.4, 0.5) is 0 Å². The largest absolute Gasteiger partial charge is 0.352 e. The van der Waals surface area contributed by atoms with E-state index in [9.17, 15) is 4.79 Å². The molecule has 100 valence electrons. The van der Waals surface area contributed by atoms with E-state index in [0.717, 1.165) is 12.8 Å². The third-order valence-corrected chi connectivity index (χ3v) is 2.97. The van der Waals surface area contributed by atoms with Crippen LogP contribution >= 0.6 is 0 Å². The van der Waals surface area contributed by atoms with E-state index in [1.807, 2.05) is 0 Å². The fourth-order valence-electron chi connectivity index (χ4n) is 2.04. The number of hydroxylamine groups is 1. The van der Waals surface area contributed by atoms with Gasteiger partial charge in [-0.15, -0.1) is 0 Å². The van der Waals surface area contributed by atoms with Crippen LogP contribution in [0.3, 0.4) is 0 Å². The maximum absolute atomic E-state index is 11.6. The molecule has 0 aromatic carbocycles. The van der Waals surface area contributed by atoms with Gasteiger partial charge in [0.1, 0.15) is 0 Å². The molecule has 0 aromatic rings. The molecule has 0 radical (unpaired) electrons. The first kappa shape index (κ1) is 14.5. The third-order valence-electron chi connectivity index (χ3n) is 2.97. The van der Waals surface area contributed by atoms with E-state index in [-0.39, 0.29) is 12.5 Å². The first-order valence-electron chi connectivity index (χ1n) is 6.82. The van der Waals surface area contributed by atoms with E-state index in [2.05, 4.69) is 24.6 Å². The van der Waals surface area contributed by atoms with Gasteiger partial charge in [-0.3, -0.25) is 4.79 Å². The zero-order valence-electron chi connectivity index (χ0n) is 11.1. The molecule has 0 heterocycles. The van der Waals surface area contributed by atoms with Crippen molar-refractivity contribution < 1.29 is 9.63 Å². The summed E-state index contributed by atoms with van der Waals surface area (Å²) >= 11 is 0. The van der Waals surface area contributed by atoms with Crippen LogP contribution in [0.5, 0.6) is 0 Å². The molecule has 1 rings (SSSR count). The van der Waals surface area contributed by atoms with Crippen molar-refractivity contribution in [3.8, 4) is 0 Å². The lowest BCUT2D eigenvalue weighted by Gasteiger charge is -2.16. The van der Waals surface area contributed by atoms with Crippen LogP contribution in [0.2, 0.25) is 0 Å². The summed E-state index contributed by atoms with van der Waals surface area (Å²) in [6.45, 7) is 5.04. The van der Waals surface area contributed by atoms with Crippen LogP contribution in [0.25, 0.3) is 0 Å². The minimum absolute atomic E-state index is 0.0423. The monoisotopic (exact) mass is 242 g/mol. The summed E-state index contributed by atoms with van der Waals surface area (Å²) in [7, 11) is 0. The summed E-state index contributed by atoms with van der Waals surface area (Å²) in [5.41, 5.74) is 2.71. The summed E-state index contributed by atoms with van der Waals surface area (Å²) < 4.78 is 0. The van der Waals surface area contributed by atoms with Gasteiger partial charge in [0.2, 0.25) is 5.91 Å². The first-order chi connectivity index (χ1) is 8.18. The fraction of sp³-hybridized carbons (Fsp3) is 0.923. The van der Waals surface area contributed by atoms with Gasteiger partial charge in [-0.05, 0) is 18.8 Å². The van der Waals surface area contributed by atoms with E-state index >= 15 is 0 Å². The van der Waals surface area contributed by atoms with E-state index in [1.165, 1.54) is 25.7 Å². The number of amides is 1. The lowest BCUT2D eigenvalue weighted by atomic mass is 10.1. The summed E-state index contributed by atoms with van der Waals surface area (Å²) in [4.78, 5) is 16.8. The quantitative estimate of drug-likeness (QED) is 0.425. The zero-order chi connectivity index (χ0) is 12.5. The van der Waals surface area contributed by atoms with Gasteiger partial charge in [-0.1, -0.05) is 39.5 Å². The van der Waals surface area contributed by atoms with Crippen LogP contribution in [0, 0.1) is 5.92 Å². The molecule has 1 saturated carbocycles. The molecule has 0 aromatic heterocycles. The lowest BCUT2D eigenvalue weighted by molar-refractivity contribution is -0.123. The Labute approximate surface area is 104 Å². The van der Waals surface area contributed by atoms with Crippen LogP contribution < -0.4 is 10.8 Å². The number of hydrogen-bond acceptors (Lipinski definition) is 3. The molecule has 1 fully saturated rings. The number of carbonyl (C=O) groups excluding carboxylic acids is 1. The highest BCUT2D eigenvalue weighted by atomic mass is 16.6. The van der Waals surface area contributed by atoms with Gasteiger partial charge in [0.05, 0.1) is 13.2 Å². The summed E-state index contributed by atoms with van der Waals surface area (Å²) in [5, 5.41) is 3.07. The Morgan fingerprint density at radius 3 is 2.47 bits per heavy atom. The lowest BCUT2D eigenvalue weighted by Crippen LogP contribution is -2.40. The average molecular weight is 242 g/mol. The standard InChI is InChI=1S/C13H26N2O2/c1-11(2)10-17-14-9-13(16)15-12-7-5-3-4-6-8-12/h11-12,14H,3-10H2,1-2H3,(H,15,16). The Hall–Kier alpha value is -0.610. The van der Waals surface area contributed by atoms with Gasteiger partial charge in [0.15, 0.2) is 0 Å². The van der Waals surface area contributed by atoms with Crippen molar-refractivity contribution in [1.82, 2.24) is 10.8 Å². The van der Waals surface area contributed by atoms with Crippen LogP contribution in [-0.2, 0) is 9.63 Å². The van der Waals surface area contributed by atoms with E-state index in [4.69, 9.17) is 4.84 Å². The topological polar surface area (TPSA) is 50.4 Å². The van der Waals surface area contributed by atoms with Gasteiger partial charge >= 0.3 is 0 Å². The Kier molecular flexibility index (Phi) is 7.21. The number of carbonyl (C=O) groups is 1. The summed E-state index contributed by atoms with van der Waals surface area (Å²) in [5.74, 6) is 0.521. The normalized spacial score (nSPS) is 18.1. The van der Waals surface area contributed by atoms with E-state index in [0.29, 0.717) is 18.6 Å². The Morgan fingerprint density at radius 2 is 1.88 bits per heavy atom. The molecule has 2 N–H and O–H groups in total. The number of nitrogens with one attached hydrogen (secondary N) is 2. The predicted octanol–water partition coefficient (Wildman–Crippen LogP) is 2.00. The van der Waals surface area contributed by atoms with E-state index < -0.39 is 0 Å². The van der Waals surface area contributed by atoms with Crippen molar-refractivity contribution in [2.45, 2.75) is 58.4 Å². The summed E-state index contributed by atoms with van der Waals surface area (Å²) in [6, 6.07) is 0.372. The number of rotatable bonds is 6. The van der Waals surface area contributed by atoms with Crippen LogP contribution in [0.1, 0.15) is 52.4 Å². The Bertz CT molecular complexity index is 211. The minimum atomic E-state index is 0.0423. The smallest absolute Gasteiger partial charge is 0.236 e. The summed E-state index contributed by atoms with van der Waals surface area (Å²) in [6.07, 6.45) is 7.34. The van der Waals surface area contributed by atoms with Crippen molar-refractivity contribution in [2.24, 2.45) is 5.92 Å². The highest BCUT2D eigenvalue weighted by Gasteiger charge is 2.14. The maximum Gasteiger partial charge on any atom is 0.236 e. The van der Waals surface area contributed by atoms with Gasteiger partial charge < -0.3 is 10.2 Å². The molecule has 0 unspecified atom stereocenters. The molecule has 1 aliphatic rings.